The highest BCUT2D eigenvalue weighted by molar-refractivity contribution is 8.00. The third-order valence-corrected chi connectivity index (χ3v) is 2.55. The Hall–Kier alpha value is -1.29. The van der Waals surface area contributed by atoms with Crippen molar-refractivity contribution >= 4 is 23.4 Å². The minimum Gasteiger partial charge on any atom is -0.323 e. The number of nitrogens with one attached hydrogen (secondary N) is 1. The lowest BCUT2D eigenvalue weighted by Crippen LogP contribution is -2.15. The average molecular weight is 225 g/mol. The molecule has 1 rings (SSSR count). The standard InChI is InChI=1S/C11H12FNOS/c1-2-7-15-8-11(14)13-10-6-4-3-5-9(10)12/h2-6H,1,7-8H2,(H,13,14). The van der Waals surface area contributed by atoms with Crippen molar-refractivity contribution in [1.29, 1.82) is 0 Å². The molecule has 1 aromatic carbocycles. The number of halogens is 1. The van der Waals surface area contributed by atoms with Gasteiger partial charge in [-0.3, -0.25) is 4.79 Å². The molecule has 2 nitrogen and oxygen atoms in total. The maximum atomic E-state index is 13.1. The molecule has 0 spiro atoms. The van der Waals surface area contributed by atoms with Crippen molar-refractivity contribution in [3.8, 4) is 0 Å². The first kappa shape index (κ1) is 11.8. The van der Waals surface area contributed by atoms with Crippen LogP contribution >= 0.6 is 11.8 Å². The van der Waals surface area contributed by atoms with Crippen LogP contribution in [0.4, 0.5) is 10.1 Å². The lowest BCUT2D eigenvalue weighted by Gasteiger charge is -2.04. The maximum Gasteiger partial charge on any atom is 0.234 e. The van der Waals surface area contributed by atoms with Crippen LogP contribution in [0.2, 0.25) is 0 Å². The molecule has 0 saturated carbocycles. The summed E-state index contributed by atoms with van der Waals surface area (Å²) in [7, 11) is 0. The first-order valence-electron chi connectivity index (χ1n) is 4.47. The van der Waals surface area contributed by atoms with E-state index in [2.05, 4.69) is 11.9 Å². The van der Waals surface area contributed by atoms with Crippen molar-refractivity contribution in [2.45, 2.75) is 0 Å². The summed E-state index contributed by atoms with van der Waals surface area (Å²) in [5, 5.41) is 2.50. The number of benzene rings is 1. The van der Waals surface area contributed by atoms with Crippen molar-refractivity contribution in [1.82, 2.24) is 0 Å². The lowest BCUT2D eigenvalue weighted by molar-refractivity contribution is -0.113. The van der Waals surface area contributed by atoms with Crippen LogP contribution in [0, 0.1) is 5.82 Å². The summed E-state index contributed by atoms with van der Waals surface area (Å²) in [6, 6.07) is 6.10. The largest absolute Gasteiger partial charge is 0.323 e. The van der Waals surface area contributed by atoms with Crippen LogP contribution < -0.4 is 5.32 Å². The molecule has 0 aliphatic heterocycles. The summed E-state index contributed by atoms with van der Waals surface area (Å²) in [4.78, 5) is 11.3. The van der Waals surface area contributed by atoms with Gasteiger partial charge in [0.1, 0.15) is 5.82 Å². The van der Waals surface area contributed by atoms with E-state index >= 15 is 0 Å². The SMILES string of the molecule is C=CCSCC(=O)Nc1ccccc1F. The van der Waals surface area contributed by atoms with E-state index in [4.69, 9.17) is 0 Å². The predicted octanol–water partition coefficient (Wildman–Crippen LogP) is 2.68. The van der Waals surface area contributed by atoms with E-state index in [1.807, 2.05) is 0 Å². The number of hydrogen-bond donors (Lipinski definition) is 1. The van der Waals surface area contributed by atoms with Gasteiger partial charge in [0, 0.05) is 5.75 Å². The third-order valence-electron chi connectivity index (χ3n) is 1.62. The Labute approximate surface area is 92.6 Å². The van der Waals surface area contributed by atoms with E-state index in [9.17, 15) is 9.18 Å². The number of hydrogen-bond acceptors (Lipinski definition) is 2. The molecule has 80 valence electrons. The first-order valence-corrected chi connectivity index (χ1v) is 5.62. The smallest absolute Gasteiger partial charge is 0.234 e. The number of anilines is 1. The zero-order valence-corrected chi connectivity index (χ0v) is 9.02. The fraction of sp³-hybridized carbons (Fsp3) is 0.182. The summed E-state index contributed by atoms with van der Waals surface area (Å²) in [6.45, 7) is 3.54. The zero-order chi connectivity index (χ0) is 11.1. The normalized spacial score (nSPS) is 9.67. The molecule has 0 bridgehead atoms. The highest BCUT2D eigenvalue weighted by Crippen LogP contribution is 2.12. The van der Waals surface area contributed by atoms with Gasteiger partial charge in [-0.25, -0.2) is 4.39 Å². The van der Waals surface area contributed by atoms with Gasteiger partial charge >= 0.3 is 0 Å². The first-order chi connectivity index (χ1) is 7.24. The van der Waals surface area contributed by atoms with Gasteiger partial charge in [-0.05, 0) is 12.1 Å². The maximum absolute atomic E-state index is 13.1. The molecule has 0 heterocycles. The molecule has 0 aliphatic rings. The molecular weight excluding hydrogens is 213 g/mol. The Kier molecular flexibility index (Phi) is 4.90. The van der Waals surface area contributed by atoms with Crippen molar-refractivity contribution in [2.24, 2.45) is 0 Å². The summed E-state index contributed by atoms with van der Waals surface area (Å²) >= 11 is 1.43. The van der Waals surface area contributed by atoms with Crippen LogP contribution in [0.3, 0.4) is 0 Å². The molecule has 15 heavy (non-hydrogen) atoms. The zero-order valence-electron chi connectivity index (χ0n) is 8.20. The molecule has 0 aliphatic carbocycles. The van der Waals surface area contributed by atoms with E-state index in [-0.39, 0.29) is 11.6 Å². The van der Waals surface area contributed by atoms with Crippen molar-refractivity contribution in [2.75, 3.05) is 16.8 Å². The van der Waals surface area contributed by atoms with Crippen LogP contribution in [0.1, 0.15) is 0 Å². The molecule has 0 unspecified atom stereocenters. The number of para-hydroxylation sites is 1. The van der Waals surface area contributed by atoms with Crippen molar-refractivity contribution in [3.05, 3.63) is 42.7 Å². The molecule has 1 amide bonds. The van der Waals surface area contributed by atoms with Gasteiger partial charge in [0.25, 0.3) is 0 Å². The van der Waals surface area contributed by atoms with Gasteiger partial charge in [-0.1, -0.05) is 18.2 Å². The highest BCUT2D eigenvalue weighted by atomic mass is 32.2. The predicted molar refractivity (Wildman–Crippen MR) is 62.6 cm³/mol. The molecule has 0 radical (unpaired) electrons. The van der Waals surface area contributed by atoms with Gasteiger partial charge in [0.15, 0.2) is 0 Å². The molecule has 1 N–H and O–H groups in total. The van der Waals surface area contributed by atoms with E-state index < -0.39 is 5.82 Å². The fourth-order valence-corrected chi connectivity index (χ4v) is 1.53. The minimum atomic E-state index is -0.417. The molecule has 0 aromatic heterocycles. The number of rotatable bonds is 5. The molecular formula is C11H12FNOS. The highest BCUT2D eigenvalue weighted by Gasteiger charge is 2.05. The van der Waals surface area contributed by atoms with Gasteiger partial charge < -0.3 is 5.32 Å². The van der Waals surface area contributed by atoms with E-state index in [0.717, 1.165) is 0 Å². The Morgan fingerprint density at radius 2 is 2.27 bits per heavy atom. The monoisotopic (exact) mass is 225 g/mol. The minimum absolute atomic E-state index is 0.202. The third kappa shape index (κ3) is 4.16. The van der Waals surface area contributed by atoms with Crippen LogP contribution in [0.5, 0.6) is 0 Å². The second kappa shape index (κ2) is 6.24. The number of carbonyl (C=O) groups is 1. The van der Waals surface area contributed by atoms with Crippen molar-refractivity contribution in [3.63, 3.8) is 0 Å². The quantitative estimate of drug-likeness (QED) is 0.616. The van der Waals surface area contributed by atoms with Crippen LogP contribution in [0.15, 0.2) is 36.9 Å². The number of thioether (sulfide) groups is 1. The number of carbonyl (C=O) groups excluding carboxylic acids is 1. The van der Waals surface area contributed by atoms with Gasteiger partial charge in [-0.2, -0.15) is 0 Å². The molecule has 1 aromatic rings. The summed E-state index contributed by atoms with van der Waals surface area (Å²) in [5.74, 6) is 0.400. The fourth-order valence-electron chi connectivity index (χ4n) is 0.984. The molecule has 0 fully saturated rings. The van der Waals surface area contributed by atoms with E-state index in [0.29, 0.717) is 11.5 Å². The average Bonchev–Trinajstić information content (AvgIpc) is 2.22. The second-order valence-corrected chi connectivity index (χ2v) is 3.86. The van der Waals surface area contributed by atoms with Gasteiger partial charge in [-0.15, -0.1) is 18.3 Å². The lowest BCUT2D eigenvalue weighted by atomic mass is 10.3. The van der Waals surface area contributed by atoms with Gasteiger partial charge in [0.2, 0.25) is 5.91 Å². The molecule has 4 heteroatoms. The van der Waals surface area contributed by atoms with Crippen molar-refractivity contribution < 1.29 is 9.18 Å². The summed E-state index contributed by atoms with van der Waals surface area (Å²) in [6.07, 6.45) is 1.72. The van der Waals surface area contributed by atoms with Crippen LogP contribution in [-0.2, 0) is 4.79 Å². The topological polar surface area (TPSA) is 29.1 Å². The Morgan fingerprint density at radius 1 is 1.53 bits per heavy atom. The molecule has 0 atom stereocenters. The summed E-state index contributed by atoms with van der Waals surface area (Å²) < 4.78 is 13.1. The molecule has 0 saturated heterocycles. The van der Waals surface area contributed by atoms with E-state index in [1.165, 1.54) is 23.9 Å². The van der Waals surface area contributed by atoms with Crippen LogP contribution in [0.25, 0.3) is 0 Å². The van der Waals surface area contributed by atoms with Crippen LogP contribution in [-0.4, -0.2) is 17.4 Å². The van der Waals surface area contributed by atoms with Gasteiger partial charge in [0.05, 0.1) is 11.4 Å². The summed E-state index contributed by atoms with van der Waals surface area (Å²) in [5.41, 5.74) is 0.224. The Morgan fingerprint density at radius 3 is 2.93 bits per heavy atom. The second-order valence-electron chi connectivity index (χ2n) is 2.83. The van der Waals surface area contributed by atoms with E-state index in [1.54, 1.807) is 18.2 Å². The Bertz CT molecular complexity index is 354. The number of amides is 1. The Balaban J connectivity index is 2.44.